The van der Waals surface area contributed by atoms with Crippen LogP contribution in [0.1, 0.15) is 17.2 Å². The van der Waals surface area contributed by atoms with E-state index in [1.165, 1.54) is 6.07 Å². The van der Waals surface area contributed by atoms with Gasteiger partial charge in [-0.2, -0.15) is 8.78 Å². The molecule has 1 aromatic carbocycles. The van der Waals surface area contributed by atoms with Crippen LogP contribution in [0.2, 0.25) is 0 Å². The fraction of sp³-hybridized carbons (Fsp3) is 0.333. The van der Waals surface area contributed by atoms with Crippen LogP contribution >= 0.6 is 0 Å². The summed E-state index contributed by atoms with van der Waals surface area (Å²) >= 11 is 0. The first-order valence-electron chi connectivity index (χ1n) is 6.57. The average molecular weight is 296 g/mol. The first kappa shape index (κ1) is 15.5. The highest BCUT2D eigenvalue weighted by Crippen LogP contribution is 2.30. The molecule has 0 fully saturated rings. The number of para-hydroxylation sites is 1. The lowest BCUT2D eigenvalue weighted by Gasteiger charge is -2.28. The number of hydrogen-bond acceptors (Lipinski definition) is 4. The highest BCUT2D eigenvalue weighted by atomic mass is 19.3. The largest absolute Gasteiger partial charge is 0.472 e. The maximum Gasteiger partial charge on any atom is 0.387 e. The average Bonchev–Trinajstić information content (AvgIpc) is 2.93. The molecule has 0 saturated heterocycles. The van der Waals surface area contributed by atoms with Gasteiger partial charge < -0.3 is 14.9 Å². The van der Waals surface area contributed by atoms with Crippen molar-refractivity contribution in [2.45, 2.75) is 19.2 Å². The van der Waals surface area contributed by atoms with E-state index in [4.69, 9.17) is 10.2 Å². The minimum Gasteiger partial charge on any atom is -0.472 e. The van der Waals surface area contributed by atoms with Gasteiger partial charge in [0.2, 0.25) is 0 Å². The van der Waals surface area contributed by atoms with Crippen LogP contribution in [0.5, 0.6) is 5.75 Å². The number of rotatable bonds is 7. The van der Waals surface area contributed by atoms with Crippen LogP contribution in [0.4, 0.5) is 8.78 Å². The number of likely N-dealkylation sites (N-methyl/N-ethyl adjacent to an activating group) is 1. The van der Waals surface area contributed by atoms with Gasteiger partial charge in [0.1, 0.15) is 5.75 Å². The summed E-state index contributed by atoms with van der Waals surface area (Å²) in [6.07, 6.45) is 3.24. The molecule has 0 bridgehead atoms. The van der Waals surface area contributed by atoms with Gasteiger partial charge in [-0.1, -0.05) is 18.2 Å². The molecule has 6 heteroatoms. The minimum absolute atomic E-state index is 0.155. The summed E-state index contributed by atoms with van der Waals surface area (Å²) in [5.41, 5.74) is 7.46. The highest BCUT2D eigenvalue weighted by Gasteiger charge is 2.21. The summed E-state index contributed by atoms with van der Waals surface area (Å²) in [5.74, 6) is 0.155. The molecule has 0 spiro atoms. The van der Waals surface area contributed by atoms with Crippen molar-refractivity contribution in [3.8, 4) is 5.75 Å². The molecule has 0 radical (unpaired) electrons. The van der Waals surface area contributed by atoms with Gasteiger partial charge in [-0.15, -0.1) is 0 Å². The molecule has 0 aliphatic heterocycles. The van der Waals surface area contributed by atoms with Gasteiger partial charge in [-0.3, -0.25) is 4.90 Å². The molecule has 0 aliphatic carbocycles. The summed E-state index contributed by atoms with van der Waals surface area (Å²) in [6, 6.07) is 8.34. The van der Waals surface area contributed by atoms with Gasteiger partial charge in [0, 0.05) is 24.2 Å². The van der Waals surface area contributed by atoms with Crippen LogP contribution in [0, 0.1) is 0 Å². The van der Waals surface area contributed by atoms with E-state index in [0.29, 0.717) is 12.1 Å². The van der Waals surface area contributed by atoms with Crippen molar-refractivity contribution in [3.63, 3.8) is 0 Å². The van der Waals surface area contributed by atoms with Gasteiger partial charge in [-0.05, 0) is 19.2 Å². The molecule has 2 N–H and O–H groups in total. The Balaban J connectivity index is 2.20. The molecule has 1 aromatic heterocycles. The quantitative estimate of drug-likeness (QED) is 0.853. The Kier molecular flexibility index (Phi) is 5.30. The van der Waals surface area contributed by atoms with Crippen LogP contribution in [0.15, 0.2) is 47.3 Å². The molecular formula is C15H18F2N2O2. The first-order chi connectivity index (χ1) is 10.1. The summed E-state index contributed by atoms with van der Waals surface area (Å²) in [7, 11) is 1.88. The number of ether oxygens (including phenoxy) is 1. The van der Waals surface area contributed by atoms with E-state index in [0.717, 1.165) is 5.56 Å². The Morgan fingerprint density at radius 3 is 2.67 bits per heavy atom. The smallest absolute Gasteiger partial charge is 0.387 e. The summed E-state index contributed by atoms with van der Waals surface area (Å²) in [5, 5.41) is 0. The predicted octanol–water partition coefficient (Wildman–Crippen LogP) is 3.01. The minimum atomic E-state index is -2.86. The number of nitrogens with two attached hydrogens (primary N) is 1. The maximum absolute atomic E-state index is 12.5. The molecule has 4 nitrogen and oxygen atoms in total. The van der Waals surface area contributed by atoms with Crippen LogP contribution in [0.3, 0.4) is 0 Å². The number of halogens is 2. The SMILES string of the molecule is CN(Cc1ccoc1)C(CN)c1ccccc1OC(F)F. The zero-order valence-electron chi connectivity index (χ0n) is 11.7. The van der Waals surface area contributed by atoms with Crippen molar-refractivity contribution in [1.29, 1.82) is 0 Å². The number of benzene rings is 1. The van der Waals surface area contributed by atoms with Crippen molar-refractivity contribution in [3.05, 3.63) is 54.0 Å². The fourth-order valence-corrected chi connectivity index (χ4v) is 2.28. The molecule has 0 saturated carbocycles. The Hall–Kier alpha value is -1.92. The molecule has 0 amide bonds. The second kappa shape index (κ2) is 7.19. The van der Waals surface area contributed by atoms with Gasteiger partial charge in [-0.25, -0.2) is 0 Å². The summed E-state index contributed by atoms with van der Waals surface area (Å²) in [6.45, 7) is -1.97. The molecular weight excluding hydrogens is 278 g/mol. The lowest BCUT2D eigenvalue weighted by Crippen LogP contribution is -2.30. The predicted molar refractivity (Wildman–Crippen MR) is 75.0 cm³/mol. The van der Waals surface area contributed by atoms with E-state index < -0.39 is 6.61 Å². The first-order valence-corrected chi connectivity index (χ1v) is 6.57. The Morgan fingerprint density at radius 2 is 2.05 bits per heavy atom. The lowest BCUT2D eigenvalue weighted by atomic mass is 10.0. The Labute approximate surface area is 122 Å². The number of furan rings is 1. The third-order valence-corrected chi connectivity index (χ3v) is 3.26. The normalized spacial score (nSPS) is 12.9. The van der Waals surface area contributed by atoms with E-state index in [-0.39, 0.29) is 18.3 Å². The molecule has 1 heterocycles. The van der Waals surface area contributed by atoms with E-state index in [1.54, 1.807) is 30.7 Å². The van der Waals surface area contributed by atoms with Gasteiger partial charge in [0.15, 0.2) is 0 Å². The zero-order valence-corrected chi connectivity index (χ0v) is 11.7. The van der Waals surface area contributed by atoms with Crippen LogP contribution < -0.4 is 10.5 Å². The van der Waals surface area contributed by atoms with Gasteiger partial charge in [0.05, 0.1) is 18.6 Å². The van der Waals surface area contributed by atoms with Crippen molar-refractivity contribution in [2.24, 2.45) is 5.73 Å². The van der Waals surface area contributed by atoms with Crippen LogP contribution in [-0.2, 0) is 6.54 Å². The van der Waals surface area contributed by atoms with Crippen LogP contribution in [-0.4, -0.2) is 25.1 Å². The molecule has 1 atom stereocenters. The van der Waals surface area contributed by atoms with Crippen molar-refractivity contribution >= 4 is 0 Å². The zero-order chi connectivity index (χ0) is 15.2. The summed E-state index contributed by atoms with van der Waals surface area (Å²) < 4.78 is 34.6. The third-order valence-electron chi connectivity index (χ3n) is 3.26. The van der Waals surface area contributed by atoms with Crippen molar-refractivity contribution < 1.29 is 17.9 Å². The second-order valence-electron chi connectivity index (χ2n) is 4.71. The third kappa shape index (κ3) is 4.03. The lowest BCUT2D eigenvalue weighted by molar-refractivity contribution is -0.0511. The topological polar surface area (TPSA) is 51.6 Å². The van der Waals surface area contributed by atoms with Crippen molar-refractivity contribution in [2.75, 3.05) is 13.6 Å². The van der Waals surface area contributed by atoms with E-state index in [1.807, 2.05) is 18.0 Å². The highest BCUT2D eigenvalue weighted by molar-refractivity contribution is 5.36. The monoisotopic (exact) mass is 296 g/mol. The van der Waals surface area contributed by atoms with Crippen molar-refractivity contribution in [1.82, 2.24) is 4.90 Å². The number of hydrogen-bond donors (Lipinski definition) is 1. The number of alkyl halides is 2. The fourth-order valence-electron chi connectivity index (χ4n) is 2.28. The van der Waals surface area contributed by atoms with E-state index in [9.17, 15) is 8.78 Å². The maximum atomic E-state index is 12.5. The second-order valence-corrected chi connectivity index (χ2v) is 4.71. The van der Waals surface area contributed by atoms with Gasteiger partial charge in [0.25, 0.3) is 0 Å². The molecule has 2 rings (SSSR count). The number of nitrogens with zero attached hydrogens (tertiary/aromatic N) is 1. The standard InChI is InChI=1S/C15H18F2N2O2/c1-19(9-11-6-7-20-10-11)13(8-18)12-4-2-3-5-14(12)21-15(16)17/h2-7,10,13,15H,8-9,18H2,1H3. The molecule has 114 valence electrons. The van der Waals surface area contributed by atoms with Crippen LogP contribution in [0.25, 0.3) is 0 Å². The Morgan fingerprint density at radius 1 is 1.29 bits per heavy atom. The molecule has 2 aromatic rings. The molecule has 21 heavy (non-hydrogen) atoms. The van der Waals surface area contributed by atoms with Gasteiger partial charge >= 0.3 is 6.61 Å². The Bertz CT molecular complexity index is 546. The van der Waals surface area contributed by atoms with E-state index in [2.05, 4.69) is 4.74 Å². The summed E-state index contributed by atoms with van der Waals surface area (Å²) in [4.78, 5) is 1.97. The molecule has 0 aliphatic rings. The molecule has 1 unspecified atom stereocenters. The van der Waals surface area contributed by atoms with E-state index >= 15 is 0 Å².